The molecule has 0 bridgehead atoms. The molecular weight excluding hydrogens is 420 g/mol. The fourth-order valence-corrected chi connectivity index (χ4v) is 4.57. The molecule has 3 rings (SSSR count). The molecule has 2 aromatic rings. The van der Waals surface area contributed by atoms with Gasteiger partial charge in [-0.15, -0.1) is 17.0 Å². The molecule has 0 aliphatic carbocycles. The van der Waals surface area contributed by atoms with Gasteiger partial charge in [0.15, 0.2) is 0 Å². The van der Waals surface area contributed by atoms with Crippen molar-refractivity contribution in [1.29, 1.82) is 0 Å². The number of anilines is 2. The van der Waals surface area contributed by atoms with Crippen molar-refractivity contribution in [3.63, 3.8) is 0 Å². The Morgan fingerprint density at radius 2 is 1.48 bits per heavy atom. The van der Waals surface area contributed by atoms with Crippen molar-refractivity contribution in [2.75, 3.05) is 11.4 Å². The number of para-hydroxylation sites is 2. The molecule has 0 radical (unpaired) electrons. The van der Waals surface area contributed by atoms with E-state index in [0.717, 1.165) is 27.7 Å². The third-order valence-electron chi connectivity index (χ3n) is 4.73. The van der Waals surface area contributed by atoms with E-state index < -0.39 is 0 Å². The Morgan fingerprint density at radius 1 is 0.963 bits per heavy atom. The Balaban J connectivity index is 0.00000261. The number of halogens is 1. The van der Waals surface area contributed by atoms with Gasteiger partial charge >= 0.3 is 0 Å². The summed E-state index contributed by atoms with van der Waals surface area (Å²) in [6, 6.07) is 16.9. The quantitative estimate of drug-likeness (QED) is 0.510. The number of amides is 1. The molecule has 27 heavy (non-hydrogen) atoms. The highest BCUT2D eigenvalue weighted by Gasteiger charge is 2.27. The summed E-state index contributed by atoms with van der Waals surface area (Å²) in [6.07, 6.45) is 5.21. The van der Waals surface area contributed by atoms with Gasteiger partial charge in [0, 0.05) is 28.8 Å². The Labute approximate surface area is 177 Å². The van der Waals surface area contributed by atoms with E-state index >= 15 is 0 Å². The van der Waals surface area contributed by atoms with Gasteiger partial charge < -0.3 is 5.32 Å². The maximum absolute atomic E-state index is 13.1. The second kappa shape index (κ2) is 10.9. The predicted octanol–water partition coefficient (Wildman–Crippen LogP) is 6.34. The largest absolute Gasteiger partial charge is 0.313 e. The van der Waals surface area contributed by atoms with Crippen molar-refractivity contribution in [2.45, 2.75) is 61.8 Å². The molecule has 1 amide bonds. The molecule has 0 saturated carbocycles. The summed E-state index contributed by atoms with van der Waals surface area (Å²) >= 11 is 1.74. The maximum Gasteiger partial charge on any atom is 0.232 e. The number of hydrogen-bond donors (Lipinski definition) is 1. The molecule has 5 heteroatoms. The molecule has 0 saturated heterocycles. The summed E-state index contributed by atoms with van der Waals surface area (Å²) in [7, 11) is 0. The van der Waals surface area contributed by atoms with Gasteiger partial charge in [-0.3, -0.25) is 9.69 Å². The Kier molecular flexibility index (Phi) is 8.87. The first-order valence-corrected chi connectivity index (χ1v) is 10.5. The summed E-state index contributed by atoms with van der Waals surface area (Å²) < 4.78 is 0. The number of nitrogens with one attached hydrogen (secondary N) is 1. The van der Waals surface area contributed by atoms with Crippen LogP contribution >= 0.6 is 28.7 Å². The highest BCUT2D eigenvalue weighted by atomic mass is 79.9. The average Bonchev–Trinajstić information content (AvgIpc) is 2.66. The second-order valence-corrected chi connectivity index (χ2v) is 7.83. The molecule has 0 spiro atoms. The number of nitrogens with zero attached hydrogens (tertiary/aromatic N) is 1. The minimum absolute atomic E-state index is 0. The number of carbonyl (C=O) groups is 1. The van der Waals surface area contributed by atoms with Crippen LogP contribution < -0.4 is 10.2 Å². The first-order chi connectivity index (χ1) is 12.7. The standard InChI is InChI=1S/C22H28N2OS.BrH/c1-3-9-17(10-4-2)23-16-15-22(25)24-18-11-5-7-13-20(18)26-21-14-8-6-12-19(21)24;/h5-8,11-14,17,23H,3-4,9-10,15-16H2,1-2H3;1H. The minimum Gasteiger partial charge on any atom is -0.313 e. The van der Waals surface area contributed by atoms with Gasteiger partial charge in [0.2, 0.25) is 5.91 Å². The molecule has 1 N–H and O–H groups in total. The zero-order valence-corrected chi connectivity index (χ0v) is 18.6. The van der Waals surface area contributed by atoms with Crippen LogP contribution in [0.25, 0.3) is 0 Å². The third-order valence-corrected chi connectivity index (χ3v) is 5.86. The van der Waals surface area contributed by atoms with Crippen LogP contribution in [-0.4, -0.2) is 18.5 Å². The third kappa shape index (κ3) is 5.37. The summed E-state index contributed by atoms with van der Waals surface area (Å²) in [5.41, 5.74) is 2.00. The lowest BCUT2D eigenvalue weighted by Crippen LogP contribution is -2.35. The molecule has 1 aliphatic rings. The van der Waals surface area contributed by atoms with E-state index in [0.29, 0.717) is 12.5 Å². The molecule has 2 aromatic carbocycles. The van der Waals surface area contributed by atoms with E-state index in [4.69, 9.17) is 0 Å². The molecule has 0 fully saturated rings. The topological polar surface area (TPSA) is 32.3 Å². The SMILES string of the molecule is Br.CCCC(CCC)NCCC(=O)N1c2ccccc2Sc2ccccc21. The molecule has 1 aliphatic heterocycles. The monoisotopic (exact) mass is 448 g/mol. The summed E-state index contributed by atoms with van der Waals surface area (Å²) in [4.78, 5) is 17.3. The zero-order chi connectivity index (χ0) is 18.4. The van der Waals surface area contributed by atoms with Gasteiger partial charge in [0.1, 0.15) is 0 Å². The van der Waals surface area contributed by atoms with Crippen molar-refractivity contribution in [1.82, 2.24) is 5.32 Å². The van der Waals surface area contributed by atoms with Crippen LogP contribution in [0.2, 0.25) is 0 Å². The maximum atomic E-state index is 13.1. The summed E-state index contributed by atoms with van der Waals surface area (Å²) in [5, 5.41) is 3.59. The van der Waals surface area contributed by atoms with Crippen molar-refractivity contribution < 1.29 is 4.79 Å². The molecule has 1 heterocycles. The smallest absolute Gasteiger partial charge is 0.232 e. The number of benzene rings is 2. The Bertz CT molecular complexity index is 701. The fourth-order valence-electron chi connectivity index (χ4n) is 3.51. The highest BCUT2D eigenvalue weighted by Crippen LogP contribution is 2.47. The number of carbonyl (C=O) groups excluding carboxylic acids is 1. The van der Waals surface area contributed by atoms with Gasteiger partial charge in [-0.25, -0.2) is 0 Å². The van der Waals surface area contributed by atoms with Gasteiger partial charge in [0.25, 0.3) is 0 Å². The average molecular weight is 449 g/mol. The van der Waals surface area contributed by atoms with Crippen LogP contribution in [0.3, 0.4) is 0 Å². The lowest BCUT2D eigenvalue weighted by atomic mass is 10.1. The van der Waals surface area contributed by atoms with Crippen molar-refractivity contribution in [2.24, 2.45) is 0 Å². The molecule has 3 nitrogen and oxygen atoms in total. The normalized spacial score (nSPS) is 12.3. The van der Waals surface area contributed by atoms with Gasteiger partial charge in [-0.05, 0) is 37.1 Å². The van der Waals surface area contributed by atoms with Crippen LogP contribution in [0.1, 0.15) is 46.0 Å². The summed E-state index contributed by atoms with van der Waals surface area (Å²) in [5.74, 6) is 0.157. The molecule has 0 unspecified atom stereocenters. The lowest BCUT2D eigenvalue weighted by Gasteiger charge is -2.31. The zero-order valence-electron chi connectivity index (χ0n) is 16.1. The van der Waals surface area contributed by atoms with E-state index in [1.165, 1.54) is 25.7 Å². The minimum atomic E-state index is 0. The van der Waals surface area contributed by atoms with Crippen LogP contribution in [0, 0.1) is 0 Å². The van der Waals surface area contributed by atoms with Gasteiger partial charge in [0.05, 0.1) is 11.4 Å². The first kappa shape index (κ1) is 22.0. The van der Waals surface area contributed by atoms with Gasteiger partial charge in [-0.2, -0.15) is 0 Å². The van der Waals surface area contributed by atoms with Crippen molar-refractivity contribution in [3.05, 3.63) is 48.5 Å². The van der Waals surface area contributed by atoms with Gasteiger partial charge in [-0.1, -0.05) is 62.7 Å². The van der Waals surface area contributed by atoms with Crippen LogP contribution in [-0.2, 0) is 4.79 Å². The summed E-state index contributed by atoms with van der Waals surface area (Å²) in [6.45, 7) is 5.17. The fraction of sp³-hybridized carbons (Fsp3) is 0.409. The Morgan fingerprint density at radius 3 is 2.00 bits per heavy atom. The molecule has 0 atom stereocenters. The van der Waals surface area contributed by atoms with Crippen molar-refractivity contribution >= 4 is 46.0 Å². The van der Waals surface area contributed by atoms with Crippen LogP contribution in [0.5, 0.6) is 0 Å². The lowest BCUT2D eigenvalue weighted by molar-refractivity contribution is -0.117. The first-order valence-electron chi connectivity index (χ1n) is 9.66. The highest BCUT2D eigenvalue weighted by molar-refractivity contribution is 8.93. The number of rotatable bonds is 8. The van der Waals surface area contributed by atoms with E-state index in [1.54, 1.807) is 11.8 Å². The number of hydrogen-bond acceptors (Lipinski definition) is 3. The van der Waals surface area contributed by atoms with Crippen LogP contribution in [0.4, 0.5) is 11.4 Å². The molecule has 146 valence electrons. The molecular formula is C22H29BrN2OS. The number of fused-ring (bicyclic) bond motifs is 2. The van der Waals surface area contributed by atoms with E-state index in [-0.39, 0.29) is 22.9 Å². The van der Waals surface area contributed by atoms with Crippen LogP contribution in [0.15, 0.2) is 58.3 Å². The van der Waals surface area contributed by atoms with E-state index in [2.05, 4.69) is 31.3 Å². The van der Waals surface area contributed by atoms with Crippen molar-refractivity contribution in [3.8, 4) is 0 Å². The van der Waals surface area contributed by atoms with E-state index in [9.17, 15) is 4.79 Å². The second-order valence-electron chi connectivity index (χ2n) is 6.75. The van der Waals surface area contributed by atoms with E-state index in [1.807, 2.05) is 41.3 Å². The Hall–Kier alpha value is -1.30. The molecule has 0 aromatic heterocycles. The predicted molar refractivity (Wildman–Crippen MR) is 121 cm³/mol.